The highest BCUT2D eigenvalue weighted by Crippen LogP contribution is 2.40. The summed E-state index contributed by atoms with van der Waals surface area (Å²) in [4.78, 5) is 23.6. The lowest BCUT2D eigenvalue weighted by Crippen LogP contribution is -2.52. The van der Waals surface area contributed by atoms with Gasteiger partial charge in [0.05, 0.1) is 5.70 Å². The monoisotopic (exact) mass is 361 g/mol. The van der Waals surface area contributed by atoms with Gasteiger partial charge < -0.3 is 10.6 Å². The Hall–Kier alpha value is -2.28. The average molecular weight is 361 g/mol. The Balaban J connectivity index is 2.28. The minimum Gasteiger partial charge on any atom is -0.353 e. The maximum absolute atomic E-state index is 12.2. The fourth-order valence-corrected chi connectivity index (χ4v) is 3.72. The molecule has 0 fully saturated rings. The third kappa shape index (κ3) is 5.09. The van der Waals surface area contributed by atoms with Crippen LogP contribution in [0.3, 0.4) is 0 Å². The number of hydrogen-bond donors (Lipinski definition) is 4. The maximum Gasteiger partial charge on any atom is 0.304 e. The van der Waals surface area contributed by atoms with Crippen LogP contribution in [0.1, 0.15) is 39.7 Å². The van der Waals surface area contributed by atoms with Crippen LogP contribution in [0.4, 0.5) is 0 Å². The number of hydrogen-bond acceptors (Lipinski definition) is 4. The van der Waals surface area contributed by atoms with Gasteiger partial charge in [-0.05, 0) is 18.4 Å². The largest absolute Gasteiger partial charge is 0.353 e. The summed E-state index contributed by atoms with van der Waals surface area (Å²) in [5.74, 6) is 0.262. The van der Waals surface area contributed by atoms with E-state index in [1.54, 1.807) is 0 Å². The molecule has 1 heterocycles. The van der Waals surface area contributed by atoms with E-state index in [0.29, 0.717) is 11.3 Å². The molecule has 2 amide bonds. The molecule has 1 aliphatic rings. The van der Waals surface area contributed by atoms with Crippen LogP contribution >= 0.6 is 11.8 Å². The van der Waals surface area contributed by atoms with Crippen LogP contribution in [0.5, 0.6) is 0 Å². The number of amides is 2. The van der Waals surface area contributed by atoms with Crippen LogP contribution in [-0.2, 0) is 9.59 Å². The van der Waals surface area contributed by atoms with Gasteiger partial charge >= 0.3 is 5.91 Å². The standard InChI is InChI=1S/C18H24N4O2S/c1-11(2)10-14(24)21-18(4)22-15(13-8-6-5-7-9-13)16(25-18)17(19)20-12(3)23/h5-9,11,22H,10H2,1-4H3,(H,21,24)(H2,19,20,23)/p+1. The summed E-state index contributed by atoms with van der Waals surface area (Å²) < 4.78 is 0. The fourth-order valence-electron chi connectivity index (χ4n) is 2.56. The number of carbonyl (C=O) groups is 2. The molecule has 6 nitrogen and oxygen atoms in total. The Morgan fingerprint density at radius 1 is 1.28 bits per heavy atom. The molecule has 0 saturated heterocycles. The summed E-state index contributed by atoms with van der Waals surface area (Å²) in [6, 6.07) is 9.68. The van der Waals surface area contributed by atoms with Gasteiger partial charge in [0.15, 0.2) is 4.99 Å². The van der Waals surface area contributed by atoms with Gasteiger partial charge in [0, 0.05) is 13.3 Å². The highest BCUT2D eigenvalue weighted by molar-refractivity contribution is 8.05. The van der Waals surface area contributed by atoms with E-state index in [4.69, 9.17) is 5.41 Å². The molecule has 1 atom stereocenters. The lowest BCUT2D eigenvalue weighted by molar-refractivity contribution is -0.127. The van der Waals surface area contributed by atoms with Crippen molar-refractivity contribution >= 4 is 35.1 Å². The number of amidine groups is 1. The first kappa shape index (κ1) is 19.1. The first-order valence-electron chi connectivity index (χ1n) is 8.18. The third-order valence-electron chi connectivity index (χ3n) is 3.49. The molecule has 1 aliphatic heterocycles. The number of nitrogens with one attached hydrogen (secondary N) is 3. The summed E-state index contributed by atoms with van der Waals surface area (Å²) in [5, 5.41) is 15.1. The Kier molecular flexibility index (Phi) is 5.89. The van der Waals surface area contributed by atoms with Gasteiger partial charge in [-0.3, -0.25) is 10.2 Å². The highest BCUT2D eigenvalue weighted by Gasteiger charge is 2.40. The zero-order valence-corrected chi connectivity index (χ0v) is 15.8. The molecular formula is C18H25N4O2S+. The zero-order valence-electron chi connectivity index (χ0n) is 15.0. The van der Waals surface area contributed by atoms with E-state index in [9.17, 15) is 9.59 Å². The Morgan fingerprint density at radius 2 is 1.92 bits per heavy atom. The molecule has 1 unspecified atom stereocenters. The minimum absolute atomic E-state index is 0.0377. The van der Waals surface area contributed by atoms with Crippen LogP contribution in [0, 0.1) is 5.92 Å². The normalized spacial score (nSPS) is 19.6. The van der Waals surface area contributed by atoms with Crippen molar-refractivity contribution < 1.29 is 15.0 Å². The predicted octanol–water partition coefficient (Wildman–Crippen LogP) is 0.821. The van der Waals surface area contributed by atoms with E-state index < -0.39 is 4.99 Å². The van der Waals surface area contributed by atoms with Crippen molar-refractivity contribution in [2.75, 3.05) is 0 Å². The maximum atomic E-state index is 12.2. The van der Waals surface area contributed by atoms with Crippen molar-refractivity contribution in [1.82, 2.24) is 16.0 Å². The zero-order chi connectivity index (χ0) is 18.6. The van der Waals surface area contributed by atoms with Crippen LogP contribution < -0.4 is 21.4 Å². The van der Waals surface area contributed by atoms with Crippen LogP contribution in [0.25, 0.3) is 5.70 Å². The van der Waals surface area contributed by atoms with E-state index in [-0.39, 0.29) is 23.6 Å². The Morgan fingerprint density at radius 3 is 2.48 bits per heavy atom. The van der Waals surface area contributed by atoms with Crippen molar-refractivity contribution in [2.24, 2.45) is 5.92 Å². The molecule has 5 N–H and O–H groups in total. The highest BCUT2D eigenvalue weighted by atomic mass is 32.2. The van der Waals surface area contributed by atoms with Gasteiger partial charge in [-0.2, -0.15) is 0 Å². The van der Waals surface area contributed by atoms with E-state index >= 15 is 0 Å². The molecule has 0 aliphatic carbocycles. The Labute approximate surface area is 152 Å². The second kappa shape index (κ2) is 7.74. The number of nitrogens with two attached hydrogens (primary N) is 1. The second-order valence-corrected chi connectivity index (χ2v) is 8.00. The van der Waals surface area contributed by atoms with Crippen molar-refractivity contribution in [3.8, 4) is 0 Å². The van der Waals surface area contributed by atoms with Gasteiger partial charge in [0.25, 0.3) is 5.84 Å². The molecule has 0 saturated carbocycles. The van der Waals surface area contributed by atoms with E-state index in [1.165, 1.54) is 18.7 Å². The van der Waals surface area contributed by atoms with Crippen molar-refractivity contribution in [1.29, 1.82) is 0 Å². The van der Waals surface area contributed by atoms with Crippen LogP contribution in [-0.4, -0.2) is 22.6 Å². The van der Waals surface area contributed by atoms with E-state index in [1.807, 2.05) is 51.1 Å². The quantitative estimate of drug-likeness (QED) is 0.461. The summed E-state index contributed by atoms with van der Waals surface area (Å²) in [6.07, 6.45) is 0.443. The van der Waals surface area contributed by atoms with E-state index in [0.717, 1.165) is 11.3 Å². The topological polar surface area (TPSA) is 95.8 Å². The van der Waals surface area contributed by atoms with Crippen molar-refractivity contribution in [3.05, 3.63) is 40.8 Å². The lowest BCUT2D eigenvalue weighted by atomic mass is 10.1. The predicted molar refractivity (Wildman–Crippen MR) is 101 cm³/mol. The first-order chi connectivity index (χ1) is 11.7. The van der Waals surface area contributed by atoms with Gasteiger partial charge in [-0.1, -0.05) is 55.9 Å². The van der Waals surface area contributed by atoms with E-state index in [2.05, 4.69) is 16.0 Å². The van der Waals surface area contributed by atoms with Gasteiger partial charge in [0.1, 0.15) is 4.91 Å². The summed E-state index contributed by atoms with van der Waals surface area (Å²) in [6.45, 7) is 7.29. The first-order valence-corrected chi connectivity index (χ1v) is 9.00. The summed E-state index contributed by atoms with van der Waals surface area (Å²) >= 11 is 1.38. The fraction of sp³-hybridized carbons (Fsp3) is 0.389. The molecule has 0 aromatic heterocycles. The third-order valence-corrected chi connectivity index (χ3v) is 4.73. The summed E-state index contributed by atoms with van der Waals surface area (Å²) in [5.41, 5.74) is 1.71. The molecule has 1 aromatic rings. The molecule has 0 spiro atoms. The molecular weight excluding hydrogens is 336 g/mol. The molecule has 0 radical (unpaired) electrons. The second-order valence-electron chi connectivity index (χ2n) is 6.57. The molecule has 1 aromatic carbocycles. The minimum atomic E-state index is -0.741. The Bertz CT molecular complexity index is 715. The smallest absolute Gasteiger partial charge is 0.304 e. The molecule has 25 heavy (non-hydrogen) atoms. The van der Waals surface area contributed by atoms with Crippen molar-refractivity contribution in [2.45, 2.75) is 39.1 Å². The van der Waals surface area contributed by atoms with Crippen molar-refractivity contribution in [3.63, 3.8) is 0 Å². The SMILES string of the molecule is CC(=O)NC(=[NH2+])C1=C(c2ccccc2)NC(C)(NC(=O)CC(C)C)S1. The van der Waals surface area contributed by atoms with Gasteiger partial charge in [0.2, 0.25) is 5.91 Å². The lowest BCUT2D eigenvalue weighted by Gasteiger charge is -2.27. The number of benzene rings is 1. The van der Waals surface area contributed by atoms with Crippen LogP contribution in [0.15, 0.2) is 35.2 Å². The number of rotatable bonds is 5. The number of thioether (sulfide) groups is 1. The average Bonchev–Trinajstić information content (AvgIpc) is 2.84. The molecule has 0 bridgehead atoms. The van der Waals surface area contributed by atoms with Gasteiger partial charge in [-0.25, -0.2) is 10.1 Å². The van der Waals surface area contributed by atoms with Gasteiger partial charge in [-0.15, -0.1) is 0 Å². The molecule has 7 heteroatoms. The summed E-state index contributed by atoms with van der Waals surface area (Å²) in [7, 11) is 0. The molecule has 2 rings (SSSR count). The number of carbonyl (C=O) groups excluding carboxylic acids is 2. The molecule has 134 valence electrons. The van der Waals surface area contributed by atoms with Crippen LogP contribution in [0.2, 0.25) is 0 Å².